The number of carbonyl (C=O) groups is 1. The van der Waals surface area contributed by atoms with Crippen LogP contribution in [0, 0.1) is 12.3 Å². The van der Waals surface area contributed by atoms with Gasteiger partial charge in [-0.15, -0.1) is 0 Å². The highest BCUT2D eigenvalue weighted by molar-refractivity contribution is 6.32. The Kier molecular flexibility index (Phi) is 3.44. The van der Waals surface area contributed by atoms with Crippen molar-refractivity contribution in [1.29, 1.82) is 0 Å². The van der Waals surface area contributed by atoms with E-state index in [0.717, 1.165) is 5.56 Å². The molecule has 2 atom stereocenters. The standard InChI is InChI=1S/C19H15ClN2O3/c1-11-14(7-6-12-4-2-3-5-13(12)20)21-16-8-9-19(18(24)25)10-15(19)22(16)17(11)23/h2-9,15H,10H2,1H3,(H,24,25)/b7-6+. The monoisotopic (exact) mass is 354 g/mol. The lowest BCUT2D eigenvalue weighted by molar-refractivity contribution is -0.141. The third-order valence-electron chi connectivity index (χ3n) is 4.94. The van der Waals surface area contributed by atoms with Crippen molar-refractivity contribution < 1.29 is 9.90 Å². The van der Waals surface area contributed by atoms with Crippen LogP contribution in [-0.2, 0) is 4.79 Å². The lowest BCUT2D eigenvalue weighted by atomic mass is 10.0. The number of carboxylic acids is 1. The number of nitrogens with zero attached hydrogens (tertiary/aromatic N) is 2. The minimum atomic E-state index is -0.945. The zero-order valence-electron chi connectivity index (χ0n) is 13.4. The minimum absolute atomic E-state index is 0.193. The molecule has 1 aromatic carbocycles. The molecule has 1 aromatic heterocycles. The smallest absolute Gasteiger partial charge is 0.315 e. The van der Waals surface area contributed by atoms with E-state index in [2.05, 4.69) is 4.98 Å². The maximum absolute atomic E-state index is 12.8. The Morgan fingerprint density at radius 1 is 1.40 bits per heavy atom. The molecule has 0 radical (unpaired) electrons. The fourth-order valence-corrected chi connectivity index (χ4v) is 3.50. The van der Waals surface area contributed by atoms with Crippen LogP contribution in [0.4, 0.5) is 0 Å². The number of halogens is 1. The Labute approximate surface area is 148 Å². The fourth-order valence-electron chi connectivity index (χ4n) is 3.30. The van der Waals surface area contributed by atoms with Crippen LogP contribution in [0.5, 0.6) is 0 Å². The second kappa shape index (κ2) is 5.43. The van der Waals surface area contributed by atoms with Crippen molar-refractivity contribution in [3.05, 3.63) is 68.4 Å². The number of rotatable bonds is 3. The van der Waals surface area contributed by atoms with Gasteiger partial charge in [-0.3, -0.25) is 14.2 Å². The van der Waals surface area contributed by atoms with Crippen LogP contribution >= 0.6 is 11.6 Å². The number of aliphatic carboxylic acids is 1. The molecule has 2 aliphatic rings. The van der Waals surface area contributed by atoms with Crippen molar-refractivity contribution in [3.8, 4) is 0 Å². The molecule has 25 heavy (non-hydrogen) atoms. The number of benzene rings is 1. The fraction of sp³-hybridized carbons (Fsp3) is 0.211. The van der Waals surface area contributed by atoms with E-state index in [-0.39, 0.29) is 11.6 Å². The van der Waals surface area contributed by atoms with Gasteiger partial charge in [0.25, 0.3) is 5.56 Å². The number of fused-ring (bicyclic) bond motifs is 3. The molecule has 6 heteroatoms. The summed E-state index contributed by atoms with van der Waals surface area (Å²) in [5.41, 5.74) is 0.754. The summed E-state index contributed by atoms with van der Waals surface area (Å²) < 4.78 is 1.51. The van der Waals surface area contributed by atoms with Crippen molar-refractivity contribution in [1.82, 2.24) is 9.55 Å². The molecule has 4 rings (SSSR count). The van der Waals surface area contributed by atoms with E-state index in [1.54, 1.807) is 31.2 Å². The minimum Gasteiger partial charge on any atom is -0.481 e. The van der Waals surface area contributed by atoms with E-state index < -0.39 is 11.4 Å². The van der Waals surface area contributed by atoms with Gasteiger partial charge in [-0.25, -0.2) is 4.98 Å². The SMILES string of the molecule is Cc1c(/C=C/c2ccccc2Cl)nc2n(c1=O)C1CC1(C(=O)O)C=C2. The van der Waals surface area contributed by atoms with E-state index in [1.165, 1.54) is 4.57 Å². The molecule has 2 unspecified atom stereocenters. The van der Waals surface area contributed by atoms with Crippen molar-refractivity contribution in [2.45, 2.75) is 19.4 Å². The number of aromatic nitrogens is 2. The molecule has 5 nitrogen and oxygen atoms in total. The van der Waals surface area contributed by atoms with E-state index in [9.17, 15) is 14.7 Å². The topological polar surface area (TPSA) is 72.2 Å². The predicted octanol–water partition coefficient (Wildman–Crippen LogP) is 3.42. The van der Waals surface area contributed by atoms with Crippen LogP contribution in [0.15, 0.2) is 35.1 Å². The number of hydrogen-bond donors (Lipinski definition) is 1. The highest BCUT2D eigenvalue weighted by Crippen LogP contribution is 2.59. The van der Waals surface area contributed by atoms with Crippen molar-refractivity contribution in [2.24, 2.45) is 5.41 Å². The van der Waals surface area contributed by atoms with Crippen molar-refractivity contribution in [2.75, 3.05) is 0 Å². The van der Waals surface area contributed by atoms with Gasteiger partial charge in [-0.1, -0.05) is 42.0 Å². The zero-order chi connectivity index (χ0) is 17.8. The van der Waals surface area contributed by atoms with Crippen molar-refractivity contribution >= 4 is 35.8 Å². The normalized spacial score (nSPS) is 23.4. The molecule has 1 fully saturated rings. The van der Waals surface area contributed by atoms with Crippen LogP contribution in [-0.4, -0.2) is 20.6 Å². The Balaban J connectivity index is 1.77. The summed E-state index contributed by atoms with van der Waals surface area (Å²) in [6.45, 7) is 1.71. The highest BCUT2D eigenvalue weighted by atomic mass is 35.5. The highest BCUT2D eigenvalue weighted by Gasteiger charge is 2.62. The Bertz CT molecular complexity index is 1020. The Hall–Kier alpha value is -2.66. The number of carboxylic acid groups (broad SMARTS) is 1. The van der Waals surface area contributed by atoms with Gasteiger partial charge in [0.15, 0.2) is 0 Å². The summed E-state index contributed by atoms with van der Waals surface area (Å²) in [5.74, 6) is -0.402. The summed E-state index contributed by atoms with van der Waals surface area (Å²) in [6, 6.07) is 7.07. The summed E-state index contributed by atoms with van der Waals surface area (Å²) in [7, 11) is 0. The summed E-state index contributed by atoms with van der Waals surface area (Å²) >= 11 is 6.14. The average molecular weight is 355 g/mol. The van der Waals surface area contributed by atoms with Crippen LogP contribution in [0.2, 0.25) is 5.02 Å². The Morgan fingerprint density at radius 2 is 2.16 bits per heavy atom. The van der Waals surface area contributed by atoms with Crippen LogP contribution in [0.3, 0.4) is 0 Å². The van der Waals surface area contributed by atoms with E-state index in [1.807, 2.05) is 24.3 Å². The quantitative estimate of drug-likeness (QED) is 0.916. The lowest BCUT2D eigenvalue weighted by Crippen LogP contribution is -2.31. The second-order valence-corrected chi connectivity index (χ2v) is 6.82. The first kappa shape index (κ1) is 15.8. The van der Waals surface area contributed by atoms with Gasteiger partial charge in [0, 0.05) is 10.6 Å². The maximum atomic E-state index is 12.8. The zero-order valence-corrected chi connectivity index (χ0v) is 14.2. The summed E-state index contributed by atoms with van der Waals surface area (Å²) in [4.78, 5) is 28.8. The van der Waals surface area contributed by atoms with Gasteiger partial charge in [0.2, 0.25) is 0 Å². The van der Waals surface area contributed by atoms with Crippen LogP contribution < -0.4 is 5.56 Å². The molecule has 1 aliphatic heterocycles. The molecule has 0 spiro atoms. The van der Waals surface area contributed by atoms with Gasteiger partial charge >= 0.3 is 5.97 Å². The molecular weight excluding hydrogens is 340 g/mol. The molecule has 0 bridgehead atoms. The van der Waals surface area contributed by atoms with Gasteiger partial charge in [0.05, 0.1) is 11.7 Å². The first-order valence-corrected chi connectivity index (χ1v) is 8.30. The third kappa shape index (κ3) is 2.35. The second-order valence-electron chi connectivity index (χ2n) is 6.41. The van der Waals surface area contributed by atoms with Crippen molar-refractivity contribution in [3.63, 3.8) is 0 Å². The first-order chi connectivity index (χ1) is 11.9. The Morgan fingerprint density at radius 3 is 2.88 bits per heavy atom. The summed E-state index contributed by atoms with van der Waals surface area (Å²) in [6.07, 6.45) is 7.30. The molecule has 1 saturated carbocycles. The van der Waals surface area contributed by atoms with Gasteiger partial charge in [-0.2, -0.15) is 0 Å². The largest absolute Gasteiger partial charge is 0.481 e. The van der Waals surface area contributed by atoms with Crippen LogP contribution in [0.1, 0.15) is 35.1 Å². The molecule has 2 aromatic rings. The molecule has 0 saturated heterocycles. The van der Waals surface area contributed by atoms with Gasteiger partial charge in [-0.05, 0) is 37.1 Å². The average Bonchev–Trinajstić information content (AvgIpc) is 3.34. The lowest BCUT2D eigenvalue weighted by Gasteiger charge is -2.18. The summed E-state index contributed by atoms with van der Waals surface area (Å²) in [5, 5.41) is 10.0. The molecule has 126 valence electrons. The van der Waals surface area contributed by atoms with Gasteiger partial charge < -0.3 is 5.11 Å². The van der Waals surface area contributed by atoms with E-state index in [0.29, 0.717) is 28.5 Å². The molecular formula is C19H15ClN2O3. The van der Waals surface area contributed by atoms with E-state index in [4.69, 9.17) is 11.6 Å². The first-order valence-electron chi connectivity index (χ1n) is 7.92. The van der Waals surface area contributed by atoms with E-state index >= 15 is 0 Å². The maximum Gasteiger partial charge on any atom is 0.315 e. The van der Waals surface area contributed by atoms with Gasteiger partial charge in [0.1, 0.15) is 11.2 Å². The third-order valence-corrected chi connectivity index (χ3v) is 5.28. The molecule has 2 heterocycles. The number of hydrogen-bond acceptors (Lipinski definition) is 3. The molecule has 0 amide bonds. The predicted molar refractivity (Wildman–Crippen MR) is 96.4 cm³/mol. The molecule has 1 N–H and O–H groups in total. The van der Waals surface area contributed by atoms with Crippen LogP contribution in [0.25, 0.3) is 18.2 Å². The molecule has 1 aliphatic carbocycles.